The third kappa shape index (κ3) is 2.62. The number of rotatable bonds is 2. The van der Waals surface area contributed by atoms with Gasteiger partial charge in [0.2, 0.25) is 5.91 Å². The lowest BCUT2D eigenvalue weighted by Gasteiger charge is -2.30. The highest BCUT2D eigenvalue weighted by atomic mass is 16.5. The van der Waals surface area contributed by atoms with Crippen LogP contribution in [0.2, 0.25) is 0 Å². The molecule has 0 spiro atoms. The molecule has 1 amide bonds. The summed E-state index contributed by atoms with van der Waals surface area (Å²) in [6, 6.07) is 15.7. The van der Waals surface area contributed by atoms with E-state index in [9.17, 15) is 10.1 Å². The molecule has 0 saturated heterocycles. The average Bonchev–Trinajstić information content (AvgIpc) is 2.99. The maximum absolute atomic E-state index is 12.9. The van der Waals surface area contributed by atoms with E-state index >= 15 is 0 Å². The number of ether oxygens (including phenoxy) is 1. The molecule has 1 aliphatic heterocycles. The van der Waals surface area contributed by atoms with Crippen molar-refractivity contribution in [1.82, 2.24) is 4.57 Å². The number of carbonyl (C=O) groups excluding carboxylic acids is 1. The molecule has 1 aromatic heterocycles. The lowest BCUT2D eigenvalue weighted by molar-refractivity contribution is -0.119. The maximum atomic E-state index is 12.9. The van der Waals surface area contributed by atoms with Crippen LogP contribution in [0, 0.1) is 18.3 Å². The molecule has 0 fully saturated rings. The minimum atomic E-state index is -0.0135. The number of fused-ring (bicyclic) bond motifs is 2. The number of hydrogen-bond acceptors (Lipinski definition) is 3. The fraction of sp³-hybridized carbons (Fsp3) is 0.200. The molecule has 2 aromatic carbocycles. The summed E-state index contributed by atoms with van der Waals surface area (Å²) in [4.78, 5) is 14.7. The standard InChI is InChI=1S/C20H17N3O2/c1-14-6-7-19-18(10-14)23(8-9-25-19)20(24)13-22-12-15(11-21)16-4-2-3-5-17(16)22/h2-7,10,12H,8-9,13H2,1H3. The van der Waals surface area contributed by atoms with Gasteiger partial charge in [0.25, 0.3) is 0 Å². The first-order valence-electron chi connectivity index (χ1n) is 8.19. The van der Waals surface area contributed by atoms with Crippen molar-refractivity contribution in [3.63, 3.8) is 0 Å². The van der Waals surface area contributed by atoms with Gasteiger partial charge in [-0.15, -0.1) is 0 Å². The Morgan fingerprint density at radius 3 is 2.96 bits per heavy atom. The molecule has 0 atom stereocenters. The number of benzene rings is 2. The minimum absolute atomic E-state index is 0.0135. The van der Waals surface area contributed by atoms with Gasteiger partial charge in [-0.1, -0.05) is 24.3 Å². The molecule has 3 aromatic rings. The van der Waals surface area contributed by atoms with Crippen LogP contribution in [0.3, 0.4) is 0 Å². The predicted octanol–water partition coefficient (Wildman–Crippen LogP) is 3.25. The van der Waals surface area contributed by atoms with Crippen molar-refractivity contribution < 1.29 is 9.53 Å². The summed E-state index contributed by atoms with van der Waals surface area (Å²) in [7, 11) is 0. The number of carbonyl (C=O) groups is 1. The first-order valence-corrected chi connectivity index (χ1v) is 8.19. The monoisotopic (exact) mass is 331 g/mol. The topological polar surface area (TPSA) is 58.3 Å². The first kappa shape index (κ1) is 15.3. The molecule has 4 rings (SSSR count). The summed E-state index contributed by atoms with van der Waals surface area (Å²) in [5, 5.41) is 10.2. The smallest absolute Gasteiger partial charge is 0.247 e. The number of amides is 1. The molecule has 25 heavy (non-hydrogen) atoms. The Labute approximate surface area is 145 Å². The fourth-order valence-electron chi connectivity index (χ4n) is 3.28. The molecular formula is C20H17N3O2. The van der Waals surface area contributed by atoms with Crippen molar-refractivity contribution >= 4 is 22.5 Å². The molecule has 0 bridgehead atoms. The van der Waals surface area contributed by atoms with Gasteiger partial charge >= 0.3 is 0 Å². The molecule has 1 aliphatic rings. The number of aryl methyl sites for hydroxylation is 1. The lowest BCUT2D eigenvalue weighted by Crippen LogP contribution is -2.39. The van der Waals surface area contributed by atoms with E-state index in [1.54, 1.807) is 11.1 Å². The van der Waals surface area contributed by atoms with Crippen LogP contribution in [0.1, 0.15) is 11.1 Å². The molecule has 0 N–H and O–H groups in total. The summed E-state index contributed by atoms with van der Waals surface area (Å²) in [5.74, 6) is 0.723. The van der Waals surface area contributed by atoms with Crippen LogP contribution < -0.4 is 9.64 Å². The Morgan fingerprint density at radius 1 is 1.28 bits per heavy atom. The summed E-state index contributed by atoms with van der Waals surface area (Å²) >= 11 is 0. The SMILES string of the molecule is Cc1ccc2c(c1)N(C(=O)Cn1cc(C#N)c3ccccc31)CCO2. The minimum Gasteiger partial charge on any atom is -0.490 e. The van der Waals surface area contributed by atoms with E-state index < -0.39 is 0 Å². The zero-order valence-corrected chi connectivity index (χ0v) is 13.9. The first-order chi connectivity index (χ1) is 12.2. The van der Waals surface area contributed by atoms with Crippen LogP contribution in [0.5, 0.6) is 5.75 Å². The highest BCUT2D eigenvalue weighted by Crippen LogP contribution is 2.32. The Bertz CT molecular complexity index is 1010. The van der Waals surface area contributed by atoms with Crippen molar-refractivity contribution in [3.05, 3.63) is 59.8 Å². The summed E-state index contributed by atoms with van der Waals surface area (Å²) in [6.45, 7) is 3.20. The number of para-hydroxylation sites is 1. The second-order valence-electron chi connectivity index (χ2n) is 6.16. The van der Waals surface area contributed by atoms with Gasteiger partial charge in [-0.25, -0.2) is 0 Å². The molecule has 2 heterocycles. The highest BCUT2D eigenvalue weighted by molar-refractivity contribution is 5.96. The van der Waals surface area contributed by atoms with Crippen molar-refractivity contribution in [1.29, 1.82) is 5.26 Å². The van der Waals surface area contributed by atoms with E-state index in [0.717, 1.165) is 27.9 Å². The molecule has 0 saturated carbocycles. The predicted molar refractivity (Wildman–Crippen MR) is 95.7 cm³/mol. The van der Waals surface area contributed by atoms with Crippen LogP contribution in [0.25, 0.3) is 10.9 Å². The van der Waals surface area contributed by atoms with E-state index in [-0.39, 0.29) is 12.5 Å². The Morgan fingerprint density at radius 2 is 2.12 bits per heavy atom. The molecule has 0 radical (unpaired) electrons. The Hall–Kier alpha value is -3.26. The van der Waals surface area contributed by atoms with Gasteiger partial charge in [-0.3, -0.25) is 4.79 Å². The van der Waals surface area contributed by atoms with Gasteiger partial charge in [0.1, 0.15) is 25.0 Å². The number of nitriles is 1. The molecule has 5 nitrogen and oxygen atoms in total. The summed E-state index contributed by atoms with van der Waals surface area (Å²) in [5.41, 5.74) is 3.38. The van der Waals surface area contributed by atoms with E-state index in [1.165, 1.54) is 0 Å². The number of anilines is 1. The number of hydrogen-bond donors (Lipinski definition) is 0. The zero-order chi connectivity index (χ0) is 17.4. The zero-order valence-electron chi connectivity index (χ0n) is 13.9. The van der Waals surface area contributed by atoms with E-state index in [1.807, 2.05) is 54.0 Å². The van der Waals surface area contributed by atoms with Gasteiger partial charge in [-0.05, 0) is 30.7 Å². The van der Waals surface area contributed by atoms with E-state index in [0.29, 0.717) is 18.7 Å². The molecule has 124 valence electrons. The van der Waals surface area contributed by atoms with Crippen molar-refractivity contribution in [2.24, 2.45) is 0 Å². The fourth-order valence-corrected chi connectivity index (χ4v) is 3.28. The second-order valence-corrected chi connectivity index (χ2v) is 6.16. The van der Waals surface area contributed by atoms with Crippen LogP contribution in [0.15, 0.2) is 48.7 Å². The summed E-state index contributed by atoms with van der Waals surface area (Å²) in [6.07, 6.45) is 1.75. The van der Waals surface area contributed by atoms with E-state index in [2.05, 4.69) is 6.07 Å². The van der Waals surface area contributed by atoms with Crippen molar-refractivity contribution in [2.75, 3.05) is 18.1 Å². The lowest BCUT2D eigenvalue weighted by atomic mass is 10.1. The third-order valence-electron chi connectivity index (χ3n) is 4.49. The van der Waals surface area contributed by atoms with Gasteiger partial charge in [-0.2, -0.15) is 5.26 Å². The third-order valence-corrected chi connectivity index (χ3v) is 4.49. The van der Waals surface area contributed by atoms with Crippen molar-refractivity contribution in [2.45, 2.75) is 13.5 Å². The average molecular weight is 331 g/mol. The Balaban J connectivity index is 1.69. The van der Waals surface area contributed by atoms with Gasteiger partial charge < -0.3 is 14.2 Å². The Kier molecular flexibility index (Phi) is 3.66. The molecule has 0 aliphatic carbocycles. The molecule has 0 unspecified atom stereocenters. The molecule has 5 heteroatoms. The second kappa shape index (κ2) is 5.99. The highest BCUT2D eigenvalue weighted by Gasteiger charge is 2.24. The van der Waals surface area contributed by atoms with Gasteiger partial charge in [0.15, 0.2) is 0 Å². The quantitative estimate of drug-likeness (QED) is 0.724. The van der Waals surface area contributed by atoms with Crippen molar-refractivity contribution in [3.8, 4) is 11.8 Å². The van der Waals surface area contributed by atoms with Crippen LogP contribution in [-0.2, 0) is 11.3 Å². The summed E-state index contributed by atoms with van der Waals surface area (Å²) < 4.78 is 7.51. The van der Waals surface area contributed by atoms with Gasteiger partial charge in [0.05, 0.1) is 17.8 Å². The van der Waals surface area contributed by atoms with E-state index in [4.69, 9.17) is 4.74 Å². The van der Waals surface area contributed by atoms with Crippen LogP contribution in [0.4, 0.5) is 5.69 Å². The molecular weight excluding hydrogens is 314 g/mol. The maximum Gasteiger partial charge on any atom is 0.247 e. The van der Waals surface area contributed by atoms with Crippen LogP contribution >= 0.6 is 0 Å². The van der Waals surface area contributed by atoms with Gasteiger partial charge in [0, 0.05) is 17.1 Å². The number of aromatic nitrogens is 1. The normalized spacial score (nSPS) is 13.2. The van der Waals surface area contributed by atoms with Crippen LogP contribution in [-0.4, -0.2) is 23.6 Å². The number of nitrogens with zero attached hydrogens (tertiary/aromatic N) is 3. The largest absolute Gasteiger partial charge is 0.490 e.